The molecule has 0 aliphatic rings. The second-order valence-corrected chi connectivity index (χ2v) is 5.11. The summed E-state index contributed by atoms with van der Waals surface area (Å²) in [5.41, 5.74) is 0.741. The van der Waals surface area contributed by atoms with E-state index in [9.17, 15) is 14.0 Å². The fourth-order valence-corrected chi connectivity index (χ4v) is 2.09. The van der Waals surface area contributed by atoms with Crippen LogP contribution >= 0.6 is 11.6 Å². The molecule has 0 aromatic heterocycles. The van der Waals surface area contributed by atoms with Crippen LogP contribution in [0.4, 0.5) is 15.8 Å². The normalized spacial score (nSPS) is 10.1. The maximum Gasteiger partial charge on any atom is 0.258 e. The Bertz CT molecular complexity index is 765. The van der Waals surface area contributed by atoms with Gasteiger partial charge in [-0.25, -0.2) is 4.39 Å². The lowest BCUT2D eigenvalue weighted by Crippen LogP contribution is -2.14. The van der Waals surface area contributed by atoms with Gasteiger partial charge in [-0.1, -0.05) is 11.6 Å². The van der Waals surface area contributed by atoms with Crippen LogP contribution in [-0.2, 0) is 4.79 Å². The number of carbonyl (C=O) groups is 2. The first-order chi connectivity index (χ1) is 10.9. The highest BCUT2D eigenvalue weighted by molar-refractivity contribution is 6.30. The van der Waals surface area contributed by atoms with Gasteiger partial charge in [0.05, 0.1) is 18.4 Å². The number of rotatable bonds is 4. The molecule has 2 rings (SSSR count). The zero-order valence-corrected chi connectivity index (χ0v) is 13.2. The first-order valence-electron chi connectivity index (χ1n) is 6.62. The molecule has 0 bridgehead atoms. The summed E-state index contributed by atoms with van der Waals surface area (Å²) >= 11 is 5.66. The Morgan fingerprint density at radius 2 is 1.87 bits per heavy atom. The molecular weight excluding hydrogens is 323 g/mol. The van der Waals surface area contributed by atoms with Crippen molar-refractivity contribution in [2.45, 2.75) is 6.92 Å². The monoisotopic (exact) mass is 336 g/mol. The smallest absolute Gasteiger partial charge is 0.258 e. The van der Waals surface area contributed by atoms with E-state index in [0.29, 0.717) is 17.1 Å². The fourth-order valence-electron chi connectivity index (χ4n) is 1.93. The van der Waals surface area contributed by atoms with Crippen molar-refractivity contribution in [2.24, 2.45) is 0 Å². The van der Waals surface area contributed by atoms with Gasteiger partial charge in [0.2, 0.25) is 5.91 Å². The highest BCUT2D eigenvalue weighted by atomic mass is 35.5. The number of halogens is 2. The zero-order chi connectivity index (χ0) is 17.0. The number of hydrogen-bond donors (Lipinski definition) is 2. The van der Waals surface area contributed by atoms with Crippen LogP contribution in [0.5, 0.6) is 5.75 Å². The van der Waals surface area contributed by atoms with Gasteiger partial charge in [-0.05, 0) is 30.3 Å². The largest absolute Gasteiger partial charge is 0.494 e. The molecule has 0 spiro atoms. The molecule has 0 fully saturated rings. The maximum atomic E-state index is 13.7. The average Bonchev–Trinajstić information content (AvgIpc) is 2.48. The number of ether oxygens (including phenoxy) is 1. The Labute approximate surface area is 137 Å². The number of carbonyl (C=O) groups excluding carboxylic acids is 2. The van der Waals surface area contributed by atoms with Crippen LogP contribution in [0.2, 0.25) is 5.02 Å². The van der Waals surface area contributed by atoms with Crippen molar-refractivity contribution in [3.05, 3.63) is 52.8 Å². The highest BCUT2D eigenvalue weighted by Gasteiger charge is 2.13. The summed E-state index contributed by atoms with van der Waals surface area (Å²) in [6.45, 7) is 1.37. The van der Waals surface area contributed by atoms with Crippen LogP contribution in [0.3, 0.4) is 0 Å². The maximum absolute atomic E-state index is 13.7. The third-order valence-corrected chi connectivity index (χ3v) is 3.18. The molecular formula is C16H14ClFN2O3. The van der Waals surface area contributed by atoms with E-state index < -0.39 is 11.7 Å². The molecule has 0 atom stereocenters. The summed E-state index contributed by atoms with van der Waals surface area (Å²) < 4.78 is 18.9. The van der Waals surface area contributed by atoms with Gasteiger partial charge in [0, 0.05) is 23.7 Å². The summed E-state index contributed by atoms with van der Waals surface area (Å²) in [5.74, 6) is -1.21. The minimum Gasteiger partial charge on any atom is -0.494 e. The van der Waals surface area contributed by atoms with Crippen molar-refractivity contribution >= 4 is 34.8 Å². The Kier molecular flexibility index (Phi) is 5.18. The van der Waals surface area contributed by atoms with Crippen molar-refractivity contribution < 1.29 is 18.7 Å². The molecule has 5 nitrogen and oxygen atoms in total. The lowest BCUT2D eigenvalue weighted by Gasteiger charge is -2.12. The molecule has 0 heterocycles. The Morgan fingerprint density at radius 1 is 1.13 bits per heavy atom. The van der Waals surface area contributed by atoms with Crippen LogP contribution in [-0.4, -0.2) is 18.9 Å². The van der Waals surface area contributed by atoms with Crippen molar-refractivity contribution in [1.29, 1.82) is 0 Å². The number of methoxy groups -OCH3 is 1. The number of anilines is 2. The Hall–Kier alpha value is -2.60. The van der Waals surface area contributed by atoms with Crippen LogP contribution in [0.15, 0.2) is 36.4 Å². The molecule has 0 unspecified atom stereocenters. The molecule has 2 N–H and O–H groups in total. The molecule has 2 amide bonds. The van der Waals surface area contributed by atoms with Gasteiger partial charge >= 0.3 is 0 Å². The molecule has 0 saturated heterocycles. The summed E-state index contributed by atoms with van der Waals surface area (Å²) in [4.78, 5) is 23.2. The van der Waals surface area contributed by atoms with E-state index >= 15 is 0 Å². The Balaban J connectivity index is 2.22. The summed E-state index contributed by atoms with van der Waals surface area (Å²) in [7, 11) is 1.44. The lowest BCUT2D eigenvalue weighted by atomic mass is 10.2. The molecule has 7 heteroatoms. The van der Waals surface area contributed by atoms with Crippen molar-refractivity contribution in [1.82, 2.24) is 0 Å². The van der Waals surface area contributed by atoms with Crippen LogP contribution in [0, 0.1) is 5.82 Å². The van der Waals surface area contributed by atoms with E-state index in [0.717, 1.165) is 6.07 Å². The number of hydrogen-bond acceptors (Lipinski definition) is 3. The highest BCUT2D eigenvalue weighted by Crippen LogP contribution is 2.28. The predicted octanol–water partition coefficient (Wildman–Crippen LogP) is 3.70. The first-order valence-corrected chi connectivity index (χ1v) is 7.00. The number of amides is 2. The summed E-state index contributed by atoms with van der Waals surface area (Å²) in [6, 6.07) is 8.47. The molecule has 0 aliphatic heterocycles. The van der Waals surface area contributed by atoms with Gasteiger partial charge in [0.1, 0.15) is 11.6 Å². The minimum atomic E-state index is -0.711. The van der Waals surface area contributed by atoms with Gasteiger partial charge in [0.15, 0.2) is 0 Å². The average molecular weight is 337 g/mol. The van der Waals surface area contributed by atoms with Gasteiger partial charge in [0.25, 0.3) is 5.91 Å². The summed E-state index contributed by atoms with van der Waals surface area (Å²) in [5, 5.41) is 5.37. The summed E-state index contributed by atoms with van der Waals surface area (Å²) in [6.07, 6.45) is 0. The van der Waals surface area contributed by atoms with E-state index in [1.807, 2.05) is 0 Å². The van der Waals surface area contributed by atoms with E-state index in [1.165, 1.54) is 32.2 Å². The third kappa shape index (κ3) is 4.20. The standard InChI is InChI=1S/C16H14ClFN2O3/c1-9(21)19-14-6-4-11(8-15(14)23-2)20-16(22)12-5-3-10(17)7-13(12)18/h3-8H,1-2H3,(H,19,21)(H,20,22). The molecule has 23 heavy (non-hydrogen) atoms. The molecule has 0 radical (unpaired) electrons. The van der Waals surface area contributed by atoms with Gasteiger partial charge in [-0.3, -0.25) is 9.59 Å². The second kappa shape index (κ2) is 7.11. The molecule has 2 aromatic carbocycles. The SMILES string of the molecule is COc1cc(NC(=O)c2ccc(Cl)cc2F)ccc1NC(C)=O. The van der Waals surface area contributed by atoms with Crippen LogP contribution in [0.1, 0.15) is 17.3 Å². The van der Waals surface area contributed by atoms with E-state index in [4.69, 9.17) is 16.3 Å². The van der Waals surface area contributed by atoms with Crippen molar-refractivity contribution in [3.63, 3.8) is 0 Å². The minimum absolute atomic E-state index is 0.126. The first kappa shape index (κ1) is 16.8. The van der Waals surface area contributed by atoms with E-state index in [2.05, 4.69) is 10.6 Å². The Morgan fingerprint density at radius 3 is 2.48 bits per heavy atom. The van der Waals surface area contributed by atoms with Crippen LogP contribution in [0.25, 0.3) is 0 Å². The second-order valence-electron chi connectivity index (χ2n) is 4.67. The lowest BCUT2D eigenvalue weighted by molar-refractivity contribution is -0.114. The van der Waals surface area contributed by atoms with Crippen molar-refractivity contribution in [2.75, 3.05) is 17.7 Å². The molecule has 120 valence electrons. The topological polar surface area (TPSA) is 67.4 Å². The third-order valence-electron chi connectivity index (χ3n) is 2.95. The quantitative estimate of drug-likeness (QED) is 0.894. The van der Waals surface area contributed by atoms with Crippen LogP contribution < -0.4 is 15.4 Å². The zero-order valence-electron chi connectivity index (χ0n) is 12.4. The number of benzene rings is 2. The molecule has 0 aliphatic carbocycles. The fraction of sp³-hybridized carbons (Fsp3) is 0.125. The van der Waals surface area contributed by atoms with Gasteiger partial charge < -0.3 is 15.4 Å². The van der Waals surface area contributed by atoms with E-state index in [1.54, 1.807) is 12.1 Å². The molecule has 2 aromatic rings. The van der Waals surface area contributed by atoms with Gasteiger partial charge in [-0.2, -0.15) is 0 Å². The van der Waals surface area contributed by atoms with Crippen molar-refractivity contribution in [3.8, 4) is 5.75 Å². The van der Waals surface area contributed by atoms with Gasteiger partial charge in [-0.15, -0.1) is 0 Å². The predicted molar refractivity (Wildman–Crippen MR) is 86.7 cm³/mol. The molecule has 0 saturated carbocycles. The van der Waals surface area contributed by atoms with E-state index in [-0.39, 0.29) is 16.5 Å². The number of nitrogens with one attached hydrogen (secondary N) is 2.